The van der Waals surface area contributed by atoms with Crippen LogP contribution in [0, 0.1) is 0 Å². The van der Waals surface area contributed by atoms with Crippen molar-refractivity contribution in [2.45, 2.75) is 12.0 Å². The fourth-order valence-electron chi connectivity index (χ4n) is 1.91. The summed E-state index contributed by atoms with van der Waals surface area (Å²) in [6.07, 6.45) is 0.146. The summed E-state index contributed by atoms with van der Waals surface area (Å²) in [5.41, 5.74) is -1.13. The standard InChI is InChI=1S/C10H12O4S/c11-9-4-2-1-3-8(9)10(12)5-6-15(13,14)7-10/h1-4,11-12H,5-7H2. The van der Waals surface area contributed by atoms with Crippen LogP contribution in [0.3, 0.4) is 0 Å². The summed E-state index contributed by atoms with van der Waals surface area (Å²) < 4.78 is 22.6. The Morgan fingerprint density at radius 3 is 2.47 bits per heavy atom. The number of sulfone groups is 1. The minimum Gasteiger partial charge on any atom is -0.508 e. The molecule has 1 saturated heterocycles. The SMILES string of the molecule is O=S1(=O)CCC(O)(c2ccccc2O)C1. The molecule has 82 valence electrons. The van der Waals surface area contributed by atoms with Gasteiger partial charge >= 0.3 is 0 Å². The molecule has 1 heterocycles. The predicted octanol–water partition coefficient (Wildman–Crippen LogP) is 0.398. The van der Waals surface area contributed by atoms with Crippen molar-refractivity contribution in [2.24, 2.45) is 0 Å². The quantitative estimate of drug-likeness (QED) is 0.729. The molecule has 4 nitrogen and oxygen atoms in total. The molecule has 0 saturated carbocycles. The second-order valence-electron chi connectivity index (χ2n) is 3.89. The zero-order chi connectivity index (χ0) is 11.1. The second kappa shape index (κ2) is 3.21. The number of phenols is 1. The molecule has 2 rings (SSSR count). The Hall–Kier alpha value is -1.07. The molecule has 15 heavy (non-hydrogen) atoms. The van der Waals surface area contributed by atoms with E-state index in [1.165, 1.54) is 6.07 Å². The number of aliphatic hydroxyl groups is 1. The maximum atomic E-state index is 11.3. The second-order valence-corrected chi connectivity index (χ2v) is 6.07. The first kappa shape index (κ1) is 10.4. The molecule has 0 bridgehead atoms. The number of hydrogen-bond acceptors (Lipinski definition) is 4. The third-order valence-corrected chi connectivity index (χ3v) is 4.43. The summed E-state index contributed by atoms with van der Waals surface area (Å²) in [5.74, 6) is -0.396. The number of aromatic hydroxyl groups is 1. The molecule has 1 aliphatic heterocycles. The van der Waals surface area contributed by atoms with E-state index < -0.39 is 15.4 Å². The van der Waals surface area contributed by atoms with E-state index >= 15 is 0 Å². The maximum absolute atomic E-state index is 11.3. The molecule has 0 aliphatic carbocycles. The minimum atomic E-state index is -3.18. The van der Waals surface area contributed by atoms with Crippen molar-refractivity contribution in [3.63, 3.8) is 0 Å². The van der Waals surface area contributed by atoms with Crippen molar-refractivity contribution in [3.8, 4) is 5.75 Å². The van der Waals surface area contributed by atoms with Gasteiger partial charge in [-0.05, 0) is 12.5 Å². The fraction of sp³-hybridized carbons (Fsp3) is 0.400. The zero-order valence-corrected chi connectivity index (χ0v) is 8.87. The van der Waals surface area contributed by atoms with Crippen LogP contribution in [0.2, 0.25) is 0 Å². The van der Waals surface area contributed by atoms with E-state index in [9.17, 15) is 18.6 Å². The maximum Gasteiger partial charge on any atom is 0.153 e. The Balaban J connectivity index is 2.44. The van der Waals surface area contributed by atoms with Gasteiger partial charge in [-0.1, -0.05) is 18.2 Å². The van der Waals surface area contributed by atoms with E-state index in [2.05, 4.69) is 0 Å². The molecule has 0 radical (unpaired) electrons. The van der Waals surface area contributed by atoms with Gasteiger partial charge in [0.1, 0.15) is 11.4 Å². The van der Waals surface area contributed by atoms with Crippen molar-refractivity contribution in [1.82, 2.24) is 0 Å². The summed E-state index contributed by atoms with van der Waals surface area (Å²) in [5, 5.41) is 19.7. The zero-order valence-electron chi connectivity index (χ0n) is 8.05. The highest BCUT2D eigenvalue weighted by molar-refractivity contribution is 7.91. The van der Waals surface area contributed by atoms with E-state index in [1.54, 1.807) is 18.2 Å². The number of phenolic OH excluding ortho intramolecular Hbond substituents is 1. The first-order chi connectivity index (χ1) is 6.93. The number of benzene rings is 1. The van der Waals surface area contributed by atoms with Crippen molar-refractivity contribution in [3.05, 3.63) is 29.8 Å². The molecule has 1 aromatic carbocycles. The van der Waals surface area contributed by atoms with Crippen molar-refractivity contribution < 1.29 is 18.6 Å². The number of para-hydroxylation sites is 1. The number of rotatable bonds is 1. The van der Waals surface area contributed by atoms with Gasteiger partial charge in [0.15, 0.2) is 9.84 Å². The van der Waals surface area contributed by atoms with Crippen LogP contribution in [-0.4, -0.2) is 30.1 Å². The third kappa shape index (κ3) is 1.85. The van der Waals surface area contributed by atoms with Crippen LogP contribution < -0.4 is 0 Å². The molecule has 0 spiro atoms. The fourth-order valence-corrected chi connectivity index (χ4v) is 3.73. The lowest BCUT2D eigenvalue weighted by atomic mass is 9.93. The molecule has 1 atom stereocenters. The van der Waals surface area contributed by atoms with Crippen molar-refractivity contribution >= 4 is 9.84 Å². The van der Waals surface area contributed by atoms with Gasteiger partial charge in [0.05, 0.1) is 11.5 Å². The van der Waals surface area contributed by atoms with Gasteiger partial charge in [0.25, 0.3) is 0 Å². The molecule has 5 heteroatoms. The summed E-state index contributed by atoms with van der Waals surface area (Å²) in [4.78, 5) is 0. The first-order valence-electron chi connectivity index (χ1n) is 4.64. The molecule has 1 fully saturated rings. The summed E-state index contributed by atoms with van der Waals surface area (Å²) in [6.45, 7) is 0. The normalized spacial score (nSPS) is 29.1. The highest BCUT2D eigenvalue weighted by Crippen LogP contribution is 2.37. The Morgan fingerprint density at radius 1 is 1.27 bits per heavy atom. The lowest BCUT2D eigenvalue weighted by Crippen LogP contribution is -2.26. The lowest BCUT2D eigenvalue weighted by molar-refractivity contribution is 0.0627. The van der Waals surface area contributed by atoms with E-state index in [0.717, 1.165) is 0 Å². The average Bonchev–Trinajstić information content (AvgIpc) is 2.42. The average molecular weight is 228 g/mol. The highest BCUT2D eigenvalue weighted by Gasteiger charge is 2.43. The van der Waals surface area contributed by atoms with Crippen LogP contribution in [0.15, 0.2) is 24.3 Å². The van der Waals surface area contributed by atoms with Gasteiger partial charge in [-0.3, -0.25) is 0 Å². The molecule has 0 amide bonds. The Morgan fingerprint density at radius 2 is 1.93 bits per heavy atom. The van der Waals surface area contributed by atoms with Crippen LogP contribution in [-0.2, 0) is 15.4 Å². The minimum absolute atomic E-state index is 0.0299. The monoisotopic (exact) mass is 228 g/mol. The summed E-state index contributed by atoms with van der Waals surface area (Å²) in [6, 6.07) is 6.29. The predicted molar refractivity (Wildman–Crippen MR) is 55.3 cm³/mol. The highest BCUT2D eigenvalue weighted by atomic mass is 32.2. The Bertz CT molecular complexity index is 480. The molecule has 2 N–H and O–H groups in total. The molecule has 1 aromatic rings. The molecule has 1 aliphatic rings. The third-order valence-electron chi connectivity index (χ3n) is 2.69. The Labute approximate surface area is 88.1 Å². The van der Waals surface area contributed by atoms with Crippen LogP contribution in [0.5, 0.6) is 5.75 Å². The smallest absolute Gasteiger partial charge is 0.153 e. The van der Waals surface area contributed by atoms with Crippen LogP contribution in [0.4, 0.5) is 0 Å². The van der Waals surface area contributed by atoms with Gasteiger partial charge in [-0.2, -0.15) is 0 Å². The van der Waals surface area contributed by atoms with Gasteiger partial charge in [-0.15, -0.1) is 0 Å². The Kier molecular flexibility index (Phi) is 2.24. The summed E-state index contributed by atoms with van der Waals surface area (Å²) in [7, 11) is -3.18. The lowest BCUT2D eigenvalue weighted by Gasteiger charge is -2.21. The van der Waals surface area contributed by atoms with E-state index in [4.69, 9.17) is 0 Å². The van der Waals surface area contributed by atoms with Gasteiger partial charge < -0.3 is 10.2 Å². The van der Waals surface area contributed by atoms with Gasteiger partial charge in [-0.25, -0.2) is 8.42 Å². The van der Waals surface area contributed by atoms with Crippen LogP contribution in [0.1, 0.15) is 12.0 Å². The first-order valence-corrected chi connectivity index (χ1v) is 6.46. The van der Waals surface area contributed by atoms with E-state index in [0.29, 0.717) is 5.56 Å². The van der Waals surface area contributed by atoms with E-state index in [-0.39, 0.29) is 23.7 Å². The summed E-state index contributed by atoms with van der Waals surface area (Å²) >= 11 is 0. The van der Waals surface area contributed by atoms with Crippen LogP contribution in [0.25, 0.3) is 0 Å². The van der Waals surface area contributed by atoms with Gasteiger partial charge in [0.2, 0.25) is 0 Å². The molecular weight excluding hydrogens is 216 g/mol. The van der Waals surface area contributed by atoms with Crippen molar-refractivity contribution in [1.29, 1.82) is 0 Å². The molecule has 1 unspecified atom stereocenters. The number of hydrogen-bond donors (Lipinski definition) is 2. The molecule has 0 aromatic heterocycles. The molecular formula is C10H12O4S. The van der Waals surface area contributed by atoms with Crippen LogP contribution >= 0.6 is 0 Å². The van der Waals surface area contributed by atoms with E-state index in [1.807, 2.05) is 0 Å². The van der Waals surface area contributed by atoms with Crippen molar-refractivity contribution in [2.75, 3.05) is 11.5 Å². The van der Waals surface area contributed by atoms with Gasteiger partial charge in [0, 0.05) is 5.56 Å². The largest absolute Gasteiger partial charge is 0.508 e. The topological polar surface area (TPSA) is 74.6 Å².